The van der Waals surface area contributed by atoms with Crippen LogP contribution in [-0.2, 0) is 4.87 Å². The number of benzene rings is 1. The average molecular weight is 467 g/mol. The van der Waals surface area contributed by atoms with Crippen LogP contribution in [0, 0.1) is 0 Å². The SMILES string of the molecule is CN1CCN(C2=CC=C(c3ccccc3)C(O)C2(Cl)c2cnnc(N3CCNCC3)c2)C1=O. The number of piperazine rings is 1. The van der Waals surface area contributed by atoms with Gasteiger partial charge in [0.15, 0.2) is 5.82 Å². The van der Waals surface area contributed by atoms with Gasteiger partial charge in [0.1, 0.15) is 11.0 Å². The minimum absolute atomic E-state index is 0.139. The molecular formula is C24H27ClN6O2. The molecule has 3 aliphatic rings. The Labute approximate surface area is 198 Å². The van der Waals surface area contributed by atoms with Crippen molar-refractivity contribution in [1.29, 1.82) is 0 Å². The number of allylic oxidation sites excluding steroid dienone is 2. The molecule has 0 bridgehead atoms. The summed E-state index contributed by atoms with van der Waals surface area (Å²) >= 11 is 7.40. The largest absolute Gasteiger partial charge is 0.386 e. The number of rotatable bonds is 4. The lowest BCUT2D eigenvalue weighted by atomic mass is 9.79. The molecule has 9 heteroatoms. The van der Waals surface area contributed by atoms with Crippen molar-refractivity contribution >= 4 is 29.0 Å². The zero-order valence-corrected chi connectivity index (χ0v) is 19.2. The molecule has 1 aromatic heterocycles. The molecule has 2 saturated heterocycles. The van der Waals surface area contributed by atoms with Gasteiger partial charge in [-0.1, -0.05) is 36.4 Å². The molecule has 3 heterocycles. The number of nitrogens with one attached hydrogen (secondary N) is 1. The van der Waals surface area contributed by atoms with Gasteiger partial charge < -0.3 is 20.2 Å². The van der Waals surface area contributed by atoms with E-state index < -0.39 is 11.0 Å². The van der Waals surface area contributed by atoms with Crippen molar-refractivity contribution in [3.05, 3.63) is 71.6 Å². The number of nitrogens with zero attached hydrogens (tertiary/aromatic N) is 5. The predicted molar refractivity (Wildman–Crippen MR) is 128 cm³/mol. The number of carbonyl (C=O) groups is 1. The molecule has 2 atom stereocenters. The van der Waals surface area contributed by atoms with Gasteiger partial charge in [0.25, 0.3) is 0 Å². The summed E-state index contributed by atoms with van der Waals surface area (Å²) in [6, 6.07) is 11.4. The number of anilines is 1. The minimum atomic E-state index is -1.40. The van der Waals surface area contributed by atoms with E-state index in [0.717, 1.165) is 31.7 Å². The molecule has 8 nitrogen and oxygen atoms in total. The summed E-state index contributed by atoms with van der Waals surface area (Å²) in [6.07, 6.45) is 4.20. The number of aromatic nitrogens is 2. The van der Waals surface area contributed by atoms with Crippen molar-refractivity contribution in [3.63, 3.8) is 0 Å². The van der Waals surface area contributed by atoms with Gasteiger partial charge in [-0.3, -0.25) is 4.90 Å². The number of alkyl halides is 1. The fourth-order valence-electron chi connectivity index (χ4n) is 4.69. The van der Waals surface area contributed by atoms with Crippen molar-refractivity contribution < 1.29 is 9.90 Å². The van der Waals surface area contributed by atoms with E-state index in [2.05, 4.69) is 20.4 Å². The van der Waals surface area contributed by atoms with E-state index in [1.165, 1.54) is 0 Å². The van der Waals surface area contributed by atoms with Gasteiger partial charge >= 0.3 is 6.03 Å². The molecular weight excluding hydrogens is 440 g/mol. The van der Waals surface area contributed by atoms with Gasteiger partial charge in [-0.05, 0) is 23.3 Å². The smallest absolute Gasteiger partial charge is 0.324 e. The van der Waals surface area contributed by atoms with E-state index in [-0.39, 0.29) is 6.03 Å². The molecule has 0 spiro atoms. The highest BCUT2D eigenvalue weighted by atomic mass is 35.5. The maximum atomic E-state index is 12.9. The van der Waals surface area contributed by atoms with E-state index in [1.807, 2.05) is 48.6 Å². The van der Waals surface area contributed by atoms with Crippen molar-refractivity contribution in [2.24, 2.45) is 0 Å². The standard InChI is InChI=1S/C24H27ClN6O2/c1-29-13-14-31(23(29)33)20-8-7-19(17-5-3-2-4-6-17)22(32)24(20,25)18-15-21(28-27-16-18)30-11-9-26-10-12-30/h2-8,15-16,22,26,32H,9-14H2,1H3. The highest BCUT2D eigenvalue weighted by Gasteiger charge is 2.50. The van der Waals surface area contributed by atoms with Crippen LogP contribution in [0.15, 0.2) is 60.4 Å². The van der Waals surface area contributed by atoms with Crippen LogP contribution in [0.1, 0.15) is 11.1 Å². The Balaban J connectivity index is 1.61. The van der Waals surface area contributed by atoms with Gasteiger partial charge in [-0.25, -0.2) is 4.79 Å². The Morgan fingerprint density at radius 3 is 2.58 bits per heavy atom. The molecule has 2 unspecified atom stereocenters. The first-order chi connectivity index (χ1) is 16.0. The molecule has 172 valence electrons. The summed E-state index contributed by atoms with van der Waals surface area (Å²) in [5.74, 6) is 0.709. The number of carbonyl (C=O) groups excluding carboxylic acids is 1. The average Bonchev–Trinajstić information content (AvgIpc) is 3.19. The summed E-state index contributed by atoms with van der Waals surface area (Å²) in [5, 5.41) is 23.6. The zero-order chi connectivity index (χ0) is 23.0. The van der Waals surface area contributed by atoms with Gasteiger partial charge in [0, 0.05) is 51.9 Å². The van der Waals surface area contributed by atoms with Gasteiger partial charge in [-0.2, -0.15) is 5.10 Å². The van der Waals surface area contributed by atoms with Gasteiger partial charge in [-0.15, -0.1) is 16.7 Å². The second-order valence-corrected chi connectivity index (χ2v) is 9.15. The molecule has 2 N–H and O–H groups in total. The van der Waals surface area contributed by atoms with Gasteiger partial charge in [0.05, 0.1) is 11.9 Å². The summed E-state index contributed by atoms with van der Waals surface area (Å²) in [5.41, 5.74) is 2.72. The third-order valence-electron chi connectivity index (χ3n) is 6.58. The van der Waals surface area contributed by atoms with Crippen LogP contribution in [0.5, 0.6) is 0 Å². The van der Waals surface area contributed by atoms with Crippen LogP contribution in [0.4, 0.5) is 10.6 Å². The second kappa shape index (κ2) is 8.78. The Bertz CT molecular complexity index is 1100. The Morgan fingerprint density at radius 1 is 1.12 bits per heavy atom. The predicted octanol–water partition coefficient (Wildman–Crippen LogP) is 2.03. The lowest BCUT2D eigenvalue weighted by molar-refractivity contribution is 0.169. The maximum Gasteiger partial charge on any atom is 0.324 e. The number of hydrogen-bond donors (Lipinski definition) is 2. The highest BCUT2D eigenvalue weighted by Crippen LogP contribution is 2.49. The molecule has 2 aliphatic heterocycles. The summed E-state index contributed by atoms with van der Waals surface area (Å²) in [4.78, 5) is 17.0. The van der Waals surface area contributed by atoms with E-state index in [4.69, 9.17) is 11.6 Å². The van der Waals surface area contributed by atoms with Crippen LogP contribution in [0.3, 0.4) is 0 Å². The summed E-state index contributed by atoms with van der Waals surface area (Å²) in [7, 11) is 1.76. The molecule has 5 rings (SSSR count). The number of halogens is 1. The zero-order valence-electron chi connectivity index (χ0n) is 18.5. The molecule has 1 aromatic carbocycles. The van der Waals surface area contributed by atoms with E-state index >= 15 is 0 Å². The first-order valence-electron chi connectivity index (χ1n) is 11.2. The lowest BCUT2D eigenvalue weighted by Crippen LogP contribution is -2.47. The topological polar surface area (TPSA) is 84.8 Å². The van der Waals surface area contributed by atoms with Crippen molar-refractivity contribution in [1.82, 2.24) is 25.3 Å². The normalized spacial score (nSPS) is 25.8. The molecule has 1 aliphatic carbocycles. The number of aliphatic hydroxyl groups excluding tert-OH is 1. The summed E-state index contributed by atoms with van der Waals surface area (Å²) in [6.45, 7) is 4.43. The van der Waals surface area contributed by atoms with Crippen LogP contribution in [0.25, 0.3) is 5.57 Å². The maximum absolute atomic E-state index is 12.9. The van der Waals surface area contributed by atoms with Crippen LogP contribution in [-0.4, -0.2) is 83.6 Å². The molecule has 2 aromatic rings. The molecule has 33 heavy (non-hydrogen) atoms. The van der Waals surface area contributed by atoms with Gasteiger partial charge in [0.2, 0.25) is 0 Å². The number of aliphatic hydroxyl groups is 1. The Hall–Kier alpha value is -2.94. The Morgan fingerprint density at radius 2 is 1.88 bits per heavy atom. The summed E-state index contributed by atoms with van der Waals surface area (Å²) < 4.78 is 0. The monoisotopic (exact) mass is 466 g/mol. The number of likely N-dealkylation sites (N-methyl/N-ethyl adjacent to an activating group) is 1. The number of hydrogen-bond acceptors (Lipinski definition) is 6. The lowest BCUT2D eigenvalue weighted by Gasteiger charge is -2.41. The van der Waals surface area contributed by atoms with Crippen molar-refractivity contribution in [2.75, 3.05) is 51.2 Å². The van der Waals surface area contributed by atoms with Crippen molar-refractivity contribution in [2.45, 2.75) is 11.0 Å². The third-order valence-corrected chi connectivity index (χ3v) is 7.20. The number of urea groups is 1. The van der Waals surface area contributed by atoms with Crippen molar-refractivity contribution in [3.8, 4) is 0 Å². The van der Waals surface area contributed by atoms with Crippen LogP contribution >= 0.6 is 11.6 Å². The first-order valence-corrected chi connectivity index (χ1v) is 11.5. The fourth-order valence-corrected chi connectivity index (χ4v) is 5.07. The first kappa shape index (κ1) is 21.9. The Kier molecular flexibility index (Phi) is 5.82. The van der Waals surface area contributed by atoms with Crippen LogP contribution < -0.4 is 10.2 Å². The van der Waals surface area contributed by atoms with E-state index in [0.29, 0.717) is 35.7 Å². The van der Waals surface area contributed by atoms with E-state index in [1.54, 1.807) is 23.0 Å². The second-order valence-electron chi connectivity index (χ2n) is 8.55. The minimum Gasteiger partial charge on any atom is -0.386 e. The molecule has 2 fully saturated rings. The molecule has 0 radical (unpaired) electrons. The fraction of sp³-hybridized carbons (Fsp3) is 0.375. The quantitative estimate of drug-likeness (QED) is 0.671. The van der Waals surface area contributed by atoms with E-state index in [9.17, 15) is 9.90 Å². The van der Waals surface area contributed by atoms with Crippen LogP contribution in [0.2, 0.25) is 0 Å². The number of amides is 2. The third kappa shape index (κ3) is 3.78. The molecule has 0 saturated carbocycles. The highest BCUT2D eigenvalue weighted by molar-refractivity contribution is 6.27. The molecule has 2 amide bonds.